The highest BCUT2D eigenvalue weighted by Crippen LogP contribution is 2.26. The molecule has 116 valence electrons. The van der Waals surface area contributed by atoms with Gasteiger partial charge in [-0.2, -0.15) is 0 Å². The minimum atomic E-state index is -0.0524. The van der Waals surface area contributed by atoms with E-state index in [0.717, 1.165) is 35.7 Å². The summed E-state index contributed by atoms with van der Waals surface area (Å²) in [4.78, 5) is 14.1. The van der Waals surface area contributed by atoms with Crippen molar-refractivity contribution in [2.24, 2.45) is 0 Å². The van der Waals surface area contributed by atoms with Gasteiger partial charge in [0.25, 0.3) is 5.91 Å². The molecule has 0 atom stereocenters. The van der Waals surface area contributed by atoms with Crippen LogP contribution in [0.5, 0.6) is 5.75 Å². The maximum absolute atomic E-state index is 12.3. The number of hydrogen-bond acceptors (Lipinski definition) is 3. The normalized spacial score (nSPS) is 15.2. The Morgan fingerprint density at radius 1 is 1.43 bits per heavy atom. The van der Waals surface area contributed by atoms with Crippen molar-refractivity contribution in [2.45, 2.75) is 38.6 Å². The Hall–Kier alpha value is -1.07. The zero-order chi connectivity index (χ0) is 15.2. The Labute approximate surface area is 134 Å². The lowest BCUT2D eigenvalue weighted by atomic mass is 10.2. The van der Waals surface area contributed by atoms with E-state index in [9.17, 15) is 4.79 Å². The lowest BCUT2D eigenvalue weighted by molar-refractivity contribution is -0.136. The standard InChI is InChI=1S/C16H22BrNO3/c1-12-6-7-15(14(17)10-12)21-11-16(20)18(8-9-19)13-4-2-3-5-13/h6-7,10,13,19H,2-5,8-9,11H2,1H3. The highest BCUT2D eigenvalue weighted by molar-refractivity contribution is 9.10. The first-order valence-electron chi connectivity index (χ1n) is 7.41. The van der Waals surface area contributed by atoms with Crippen LogP contribution in [-0.4, -0.2) is 41.7 Å². The maximum atomic E-state index is 12.3. The van der Waals surface area contributed by atoms with E-state index in [-0.39, 0.29) is 25.2 Å². The fourth-order valence-electron chi connectivity index (χ4n) is 2.78. The second kappa shape index (κ2) is 7.80. The van der Waals surface area contributed by atoms with Crippen LogP contribution in [0.15, 0.2) is 22.7 Å². The molecule has 0 aliphatic heterocycles. The van der Waals surface area contributed by atoms with Crippen LogP contribution in [0.3, 0.4) is 0 Å². The highest BCUT2D eigenvalue weighted by Gasteiger charge is 2.26. The van der Waals surface area contributed by atoms with Crippen molar-refractivity contribution in [3.63, 3.8) is 0 Å². The van der Waals surface area contributed by atoms with Crippen LogP contribution in [-0.2, 0) is 4.79 Å². The third-order valence-electron chi connectivity index (χ3n) is 3.87. The molecule has 1 N–H and O–H groups in total. The van der Waals surface area contributed by atoms with E-state index >= 15 is 0 Å². The average Bonchev–Trinajstić information content (AvgIpc) is 2.97. The number of benzene rings is 1. The number of amides is 1. The summed E-state index contributed by atoms with van der Waals surface area (Å²) in [7, 11) is 0. The first-order chi connectivity index (χ1) is 10.1. The summed E-state index contributed by atoms with van der Waals surface area (Å²) < 4.78 is 6.47. The largest absolute Gasteiger partial charge is 0.483 e. The van der Waals surface area contributed by atoms with Gasteiger partial charge in [-0.25, -0.2) is 0 Å². The van der Waals surface area contributed by atoms with Crippen LogP contribution in [0.2, 0.25) is 0 Å². The molecular weight excluding hydrogens is 334 g/mol. The van der Waals surface area contributed by atoms with Gasteiger partial charge < -0.3 is 14.7 Å². The van der Waals surface area contributed by atoms with Crippen molar-refractivity contribution in [1.82, 2.24) is 4.90 Å². The van der Waals surface area contributed by atoms with Crippen LogP contribution < -0.4 is 4.74 Å². The summed E-state index contributed by atoms with van der Waals surface area (Å²) in [5, 5.41) is 9.16. The summed E-state index contributed by atoms with van der Waals surface area (Å²) in [6.45, 7) is 2.40. The van der Waals surface area contributed by atoms with Gasteiger partial charge in [0, 0.05) is 12.6 Å². The molecule has 1 saturated carbocycles. The molecule has 1 amide bonds. The molecule has 0 spiro atoms. The predicted octanol–water partition coefficient (Wildman–Crippen LogP) is 2.90. The molecule has 0 heterocycles. The Morgan fingerprint density at radius 3 is 2.76 bits per heavy atom. The summed E-state index contributed by atoms with van der Waals surface area (Å²) in [5.74, 6) is 0.618. The lowest BCUT2D eigenvalue weighted by Crippen LogP contribution is -2.43. The first-order valence-corrected chi connectivity index (χ1v) is 8.20. The number of halogens is 1. The van der Waals surface area contributed by atoms with Gasteiger partial charge in [0.15, 0.2) is 6.61 Å². The number of carbonyl (C=O) groups excluding carboxylic acids is 1. The lowest BCUT2D eigenvalue weighted by Gasteiger charge is -2.28. The summed E-state index contributed by atoms with van der Waals surface area (Å²) in [6, 6.07) is 6.03. The summed E-state index contributed by atoms with van der Waals surface area (Å²) >= 11 is 3.44. The van der Waals surface area contributed by atoms with Crippen LogP contribution in [0, 0.1) is 6.92 Å². The summed E-state index contributed by atoms with van der Waals surface area (Å²) in [6.07, 6.45) is 4.37. The van der Waals surface area contributed by atoms with E-state index < -0.39 is 0 Å². The molecule has 2 rings (SSSR count). The molecule has 4 nitrogen and oxygen atoms in total. The minimum absolute atomic E-state index is 0.00351. The fraction of sp³-hybridized carbons (Fsp3) is 0.562. The second-order valence-corrected chi connectivity index (χ2v) is 6.33. The third-order valence-corrected chi connectivity index (χ3v) is 4.48. The molecule has 5 heteroatoms. The molecule has 1 fully saturated rings. The van der Waals surface area contributed by atoms with E-state index in [1.165, 1.54) is 0 Å². The van der Waals surface area contributed by atoms with E-state index in [0.29, 0.717) is 12.3 Å². The topological polar surface area (TPSA) is 49.8 Å². The number of rotatable bonds is 6. The van der Waals surface area contributed by atoms with Crippen molar-refractivity contribution in [3.8, 4) is 5.75 Å². The Balaban J connectivity index is 1.95. The maximum Gasteiger partial charge on any atom is 0.260 e. The monoisotopic (exact) mass is 355 g/mol. The quantitative estimate of drug-likeness (QED) is 0.853. The average molecular weight is 356 g/mol. The van der Waals surface area contributed by atoms with Crippen LogP contribution in [0.4, 0.5) is 0 Å². The van der Waals surface area contributed by atoms with Gasteiger partial charge in [0.2, 0.25) is 0 Å². The van der Waals surface area contributed by atoms with E-state index in [4.69, 9.17) is 9.84 Å². The van der Waals surface area contributed by atoms with Crippen molar-refractivity contribution in [1.29, 1.82) is 0 Å². The highest BCUT2D eigenvalue weighted by atomic mass is 79.9. The van der Waals surface area contributed by atoms with Gasteiger partial charge in [0.1, 0.15) is 5.75 Å². The van der Waals surface area contributed by atoms with Crippen molar-refractivity contribution in [3.05, 3.63) is 28.2 Å². The Kier molecular flexibility index (Phi) is 6.06. The Morgan fingerprint density at radius 2 is 2.14 bits per heavy atom. The van der Waals surface area contributed by atoms with Gasteiger partial charge in [0.05, 0.1) is 11.1 Å². The SMILES string of the molecule is Cc1ccc(OCC(=O)N(CCO)C2CCCC2)c(Br)c1. The third kappa shape index (κ3) is 4.45. The molecule has 1 aliphatic rings. The van der Waals surface area contributed by atoms with Crippen LogP contribution in [0.1, 0.15) is 31.2 Å². The zero-order valence-corrected chi connectivity index (χ0v) is 13.9. The second-order valence-electron chi connectivity index (χ2n) is 5.47. The van der Waals surface area contributed by atoms with E-state index in [1.807, 2.05) is 25.1 Å². The molecule has 0 bridgehead atoms. The zero-order valence-electron chi connectivity index (χ0n) is 12.3. The number of ether oxygens (including phenoxy) is 1. The van der Waals surface area contributed by atoms with Crippen molar-refractivity contribution in [2.75, 3.05) is 19.8 Å². The van der Waals surface area contributed by atoms with Crippen LogP contribution >= 0.6 is 15.9 Å². The van der Waals surface area contributed by atoms with Gasteiger partial charge in [-0.05, 0) is 53.4 Å². The van der Waals surface area contributed by atoms with Crippen molar-refractivity contribution < 1.29 is 14.6 Å². The molecule has 1 aliphatic carbocycles. The molecule has 0 unspecified atom stereocenters. The predicted molar refractivity (Wildman–Crippen MR) is 85.4 cm³/mol. The summed E-state index contributed by atoms with van der Waals surface area (Å²) in [5.41, 5.74) is 1.13. The number of hydrogen-bond donors (Lipinski definition) is 1. The molecule has 1 aromatic rings. The Bertz CT molecular complexity index is 486. The number of aryl methyl sites for hydroxylation is 1. The van der Waals surface area contributed by atoms with Crippen molar-refractivity contribution >= 4 is 21.8 Å². The van der Waals surface area contributed by atoms with E-state index in [2.05, 4.69) is 15.9 Å². The fourth-order valence-corrected chi connectivity index (χ4v) is 3.39. The smallest absolute Gasteiger partial charge is 0.260 e. The molecule has 21 heavy (non-hydrogen) atoms. The molecule has 0 radical (unpaired) electrons. The molecular formula is C16H22BrNO3. The van der Waals surface area contributed by atoms with Gasteiger partial charge >= 0.3 is 0 Å². The number of aliphatic hydroxyl groups excluding tert-OH is 1. The van der Waals surface area contributed by atoms with Gasteiger partial charge in [-0.3, -0.25) is 4.79 Å². The van der Waals surface area contributed by atoms with E-state index in [1.54, 1.807) is 4.90 Å². The number of nitrogens with zero attached hydrogens (tertiary/aromatic N) is 1. The number of aliphatic hydroxyl groups is 1. The van der Waals surface area contributed by atoms with Crippen LogP contribution in [0.25, 0.3) is 0 Å². The first kappa shape index (κ1) is 16.3. The number of carbonyl (C=O) groups is 1. The molecule has 1 aromatic carbocycles. The van der Waals surface area contributed by atoms with Gasteiger partial charge in [-0.1, -0.05) is 18.9 Å². The molecule has 0 saturated heterocycles. The minimum Gasteiger partial charge on any atom is -0.483 e. The molecule has 0 aromatic heterocycles. The van der Waals surface area contributed by atoms with Gasteiger partial charge in [-0.15, -0.1) is 0 Å².